The zero-order valence-electron chi connectivity index (χ0n) is 22.7. The fraction of sp³-hybridized carbons (Fsp3) is 0.290. The van der Waals surface area contributed by atoms with Crippen LogP contribution in [0.1, 0.15) is 66.3 Å². The van der Waals surface area contributed by atoms with Crippen LogP contribution in [0.15, 0.2) is 65.8 Å². The van der Waals surface area contributed by atoms with Crippen molar-refractivity contribution in [2.75, 3.05) is 13.7 Å². The average molecular weight is 529 g/mol. The normalized spacial score (nSPS) is 11.5. The number of ketones is 2. The average Bonchev–Trinajstić information content (AvgIpc) is 3.27. The Morgan fingerprint density at radius 1 is 0.795 bits per heavy atom. The van der Waals surface area contributed by atoms with Gasteiger partial charge in [-0.3, -0.25) is 9.59 Å². The largest absolute Gasteiger partial charge is 0.513 e. The highest BCUT2D eigenvalue weighted by Crippen LogP contribution is 2.32. The number of Topliss-reactive ketones (excluding diaryl/α,β-unsaturated/α-hetero) is 1. The Kier molecular flexibility index (Phi) is 8.76. The number of carbonyl (C=O) groups excluding carboxylic acids is 3. The Hall–Kier alpha value is -4.46. The SMILES string of the molecule is CCCOC(=O)Oc1ccc(C(=O)c2ccc3c(c2)c2cc(C(=O)/C(CCC)=N/OC)ccc2n3CC)cc1. The number of oxime groups is 1. The van der Waals surface area contributed by atoms with Crippen LogP contribution >= 0.6 is 0 Å². The molecule has 39 heavy (non-hydrogen) atoms. The molecule has 0 aliphatic heterocycles. The predicted octanol–water partition coefficient (Wildman–Crippen LogP) is 6.96. The number of hydrogen-bond acceptors (Lipinski definition) is 7. The summed E-state index contributed by atoms with van der Waals surface area (Å²) in [6.07, 6.45) is 1.21. The molecule has 4 aromatic rings. The molecule has 0 radical (unpaired) electrons. The molecule has 0 bridgehead atoms. The summed E-state index contributed by atoms with van der Waals surface area (Å²) < 4.78 is 12.2. The topological polar surface area (TPSA) is 96.2 Å². The van der Waals surface area contributed by atoms with E-state index in [4.69, 9.17) is 14.3 Å². The van der Waals surface area contributed by atoms with Crippen LogP contribution in [0, 0.1) is 0 Å². The maximum Gasteiger partial charge on any atom is 0.513 e. The van der Waals surface area contributed by atoms with Gasteiger partial charge < -0.3 is 18.9 Å². The number of ether oxygens (including phenoxy) is 2. The molecule has 0 aliphatic rings. The molecule has 0 unspecified atom stereocenters. The third-order valence-electron chi connectivity index (χ3n) is 6.40. The number of hydrogen-bond donors (Lipinski definition) is 0. The number of carbonyl (C=O) groups is 3. The number of fused-ring (bicyclic) bond motifs is 3. The second kappa shape index (κ2) is 12.4. The van der Waals surface area contributed by atoms with Crippen molar-refractivity contribution in [2.45, 2.75) is 46.6 Å². The Morgan fingerprint density at radius 2 is 1.41 bits per heavy atom. The van der Waals surface area contributed by atoms with Gasteiger partial charge in [-0.15, -0.1) is 0 Å². The molecule has 8 nitrogen and oxygen atoms in total. The monoisotopic (exact) mass is 528 g/mol. The maximum atomic E-state index is 13.4. The van der Waals surface area contributed by atoms with Crippen LogP contribution in [-0.2, 0) is 16.1 Å². The van der Waals surface area contributed by atoms with E-state index < -0.39 is 6.16 Å². The summed E-state index contributed by atoms with van der Waals surface area (Å²) in [6, 6.07) is 17.6. The third-order valence-corrected chi connectivity index (χ3v) is 6.40. The minimum atomic E-state index is -0.776. The van der Waals surface area contributed by atoms with Gasteiger partial charge in [0.2, 0.25) is 5.78 Å². The summed E-state index contributed by atoms with van der Waals surface area (Å²) in [5.74, 6) is -0.0454. The molecule has 202 valence electrons. The Labute approximate surface area is 227 Å². The van der Waals surface area contributed by atoms with Crippen molar-refractivity contribution < 1.29 is 28.7 Å². The molecule has 8 heteroatoms. The molecule has 1 heterocycles. The molecule has 0 N–H and O–H groups in total. The van der Waals surface area contributed by atoms with Crippen molar-refractivity contribution in [1.82, 2.24) is 4.57 Å². The van der Waals surface area contributed by atoms with Crippen molar-refractivity contribution in [3.63, 3.8) is 0 Å². The van der Waals surface area contributed by atoms with Gasteiger partial charge in [-0.05, 0) is 80.4 Å². The third kappa shape index (κ3) is 5.85. The van der Waals surface area contributed by atoms with Gasteiger partial charge in [-0.25, -0.2) is 4.79 Å². The molecule has 0 aliphatic carbocycles. The number of nitrogens with zero attached hydrogens (tertiary/aromatic N) is 2. The Balaban J connectivity index is 1.69. The highest BCUT2D eigenvalue weighted by Gasteiger charge is 2.19. The molecule has 1 aromatic heterocycles. The van der Waals surface area contributed by atoms with Gasteiger partial charge >= 0.3 is 6.16 Å². The van der Waals surface area contributed by atoms with E-state index in [-0.39, 0.29) is 18.2 Å². The number of aryl methyl sites for hydroxylation is 1. The lowest BCUT2D eigenvalue weighted by Crippen LogP contribution is -2.14. The summed E-state index contributed by atoms with van der Waals surface area (Å²) >= 11 is 0. The highest BCUT2D eigenvalue weighted by atomic mass is 16.7. The lowest BCUT2D eigenvalue weighted by molar-refractivity contribution is 0.0990. The van der Waals surface area contributed by atoms with Gasteiger partial charge in [0, 0.05) is 45.0 Å². The van der Waals surface area contributed by atoms with E-state index in [2.05, 4.69) is 16.6 Å². The number of rotatable bonds is 11. The maximum absolute atomic E-state index is 13.4. The van der Waals surface area contributed by atoms with Gasteiger partial charge in [0.05, 0.1) is 6.61 Å². The van der Waals surface area contributed by atoms with E-state index in [1.807, 2.05) is 44.2 Å². The van der Waals surface area contributed by atoms with Crippen molar-refractivity contribution in [1.29, 1.82) is 0 Å². The second-order valence-electron chi connectivity index (χ2n) is 9.06. The smallest absolute Gasteiger partial charge is 0.434 e. The van der Waals surface area contributed by atoms with Crippen LogP contribution < -0.4 is 4.74 Å². The standard InChI is InChI=1S/C31H32N2O6/c1-5-8-26(32-37-4)30(35)22-12-16-28-25(19-22)24-18-21(11-15-27(24)33(28)7-3)29(34)20-9-13-23(14-10-20)39-31(36)38-17-6-2/h9-16,18-19H,5-8,17H2,1-4H3/b32-26+. The molecule has 0 saturated heterocycles. The van der Waals surface area contributed by atoms with E-state index in [1.165, 1.54) is 7.11 Å². The van der Waals surface area contributed by atoms with Crippen molar-refractivity contribution in [3.8, 4) is 5.75 Å². The number of aromatic nitrogens is 1. The Bertz CT molecular complexity index is 1550. The molecule has 0 saturated carbocycles. The molecular weight excluding hydrogens is 496 g/mol. The Morgan fingerprint density at radius 3 is 2.00 bits per heavy atom. The van der Waals surface area contributed by atoms with Crippen LogP contribution in [0.3, 0.4) is 0 Å². The van der Waals surface area contributed by atoms with Crippen molar-refractivity contribution >= 4 is 45.2 Å². The lowest BCUT2D eigenvalue weighted by Gasteiger charge is -2.07. The summed E-state index contributed by atoms with van der Waals surface area (Å²) in [5.41, 5.74) is 3.82. The second-order valence-corrected chi connectivity index (χ2v) is 9.06. The van der Waals surface area contributed by atoms with Gasteiger partial charge in [0.1, 0.15) is 18.6 Å². The zero-order valence-corrected chi connectivity index (χ0v) is 22.7. The van der Waals surface area contributed by atoms with Gasteiger partial charge in [0.25, 0.3) is 0 Å². The molecular formula is C31H32N2O6. The first-order valence-electron chi connectivity index (χ1n) is 13.1. The van der Waals surface area contributed by atoms with Crippen LogP contribution in [0.5, 0.6) is 5.75 Å². The molecule has 0 atom stereocenters. The summed E-state index contributed by atoms with van der Waals surface area (Å²) in [6.45, 7) is 6.95. The van der Waals surface area contributed by atoms with Crippen LogP contribution in [0.25, 0.3) is 21.8 Å². The van der Waals surface area contributed by atoms with E-state index in [9.17, 15) is 14.4 Å². The first kappa shape index (κ1) is 27.6. The van der Waals surface area contributed by atoms with Gasteiger partial charge in [-0.1, -0.05) is 25.4 Å². The minimum Gasteiger partial charge on any atom is -0.434 e. The minimum absolute atomic E-state index is 0.168. The summed E-state index contributed by atoms with van der Waals surface area (Å²) in [4.78, 5) is 43.1. The molecule has 0 spiro atoms. The summed E-state index contributed by atoms with van der Waals surface area (Å²) in [7, 11) is 1.43. The molecule has 4 rings (SSSR count). The van der Waals surface area contributed by atoms with E-state index in [0.29, 0.717) is 41.0 Å². The predicted molar refractivity (Wildman–Crippen MR) is 151 cm³/mol. The van der Waals surface area contributed by atoms with Crippen molar-refractivity contribution in [2.24, 2.45) is 5.16 Å². The zero-order chi connectivity index (χ0) is 27.9. The van der Waals surface area contributed by atoms with Crippen LogP contribution in [-0.4, -0.2) is 41.7 Å². The van der Waals surface area contributed by atoms with Crippen LogP contribution in [0.4, 0.5) is 4.79 Å². The number of benzene rings is 3. The first-order chi connectivity index (χ1) is 18.9. The molecule has 3 aromatic carbocycles. The first-order valence-corrected chi connectivity index (χ1v) is 13.1. The highest BCUT2D eigenvalue weighted by molar-refractivity contribution is 6.46. The quantitative estimate of drug-likeness (QED) is 0.0687. The molecule has 0 amide bonds. The van der Waals surface area contributed by atoms with Crippen molar-refractivity contribution in [3.05, 3.63) is 77.4 Å². The van der Waals surface area contributed by atoms with E-state index in [0.717, 1.165) is 34.8 Å². The molecule has 0 fully saturated rings. The van der Waals surface area contributed by atoms with Gasteiger partial charge in [-0.2, -0.15) is 0 Å². The summed E-state index contributed by atoms with van der Waals surface area (Å²) in [5, 5.41) is 5.71. The lowest BCUT2D eigenvalue weighted by atomic mass is 9.99. The van der Waals surface area contributed by atoms with Crippen LogP contribution in [0.2, 0.25) is 0 Å². The fourth-order valence-corrected chi connectivity index (χ4v) is 4.59. The van der Waals surface area contributed by atoms with Gasteiger partial charge in [0.15, 0.2) is 5.78 Å². The fourth-order valence-electron chi connectivity index (χ4n) is 4.59. The van der Waals surface area contributed by atoms with E-state index >= 15 is 0 Å². The van der Waals surface area contributed by atoms with E-state index in [1.54, 1.807) is 30.3 Å².